The first-order valence-corrected chi connectivity index (χ1v) is 11.1. The first-order chi connectivity index (χ1) is 16.1. The van der Waals surface area contributed by atoms with Crippen molar-refractivity contribution in [3.63, 3.8) is 0 Å². The first-order valence-electron chi connectivity index (χ1n) is 11.1. The van der Waals surface area contributed by atoms with Gasteiger partial charge in [-0.1, -0.05) is 68.8 Å². The van der Waals surface area contributed by atoms with Crippen LogP contribution in [0.5, 0.6) is 0 Å². The molecule has 34 heavy (non-hydrogen) atoms. The van der Waals surface area contributed by atoms with Gasteiger partial charge in [-0.25, -0.2) is 9.59 Å². The van der Waals surface area contributed by atoms with Gasteiger partial charge in [-0.05, 0) is 34.6 Å². The van der Waals surface area contributed by atoms with Crippen molar-refractivity contribution in [1.29, 1.82) is 0 Å². The van der Waals surface area contributed by atoms with E-state index in [1.165, 1.54) is 0 Å². The van der Waals surface area contributed by atoms with Gasteiger partial charge in [0.15, 0.2) is 0 Å². The SMILES string of the molecule is CCC(C)CC(NC(=O)OCC1c2ccccc2-c2ccccc21)C(=O)NCC(F)(F)C(=O)O. The van der Waals surface area contributed by atoms with Gasteiger partial charge in [-0.2, -0.15) is 8.78 Å². The third-order valence-electron chi connectivity index (χ3n) is 6.08. The highest BCUT2D eigenvalue weighted by Gasteiger charge is 2.40. The number of carboxylic acid groups (broad SMARTS) is 1. The Bertz CT molecular complexity index is 1010. The molecule has 0 spiro atoms. The number of carbonyl (C=O) groups is 3. The molecule has 2 atom stereocenters. The lowest BCUT2D eigenvalue weighted by Crippen LogP contribution is -2.51. The van der Waals surface area contributed by atoms with Gasteiger partial charge in [-0.15, -0.1) is 0 Å². The molecule has 2 amide bonds. The van der Waals surface area contributed by atoms with E-state index >= 15 is 0 Å². The van der Waals surface area contributed by atoms with Crippen molar-refractivity contribution in [2.75, 3.05) is 13.2 Å². The van der Waals surface area contributed by atoms with Crippen LogP contribution in [0.4, 0.5) is 13.6 Å². The lowest BCUT2D eigenvalue weighted by molar-refractivity contribution is -0.164. The number of carbonyl (C=O) groups excluding carboxylic acids is 2. The maximum absolute atomic E-state index is 13.4. The van der Waals surface area contributed by atoms with Gasteiger partial charge in [-0.3, -0.25) is 4.79 Å². The van der Waals surface area contributed by atoms with Crippen molar-refractivity contribution in [1.82, 2.24) is 10.6 Å². The fourth-order valence-corrected chi connectivity index (χ4v) is 3.98. The second-order valence-corrected chi connectivity index (χ2v) is 8.50. The topological polar surface area (TPSA) is 105 Å². The predicted octanol–water partition coefficient (Wildman–Crippen LogP) is 4.17. The Balaban J connectivity index is 1.65. The van der Waals surface area contributed by atoms with E-state index < -0.39 is 36.5 Å². The number of hydrogen-bond acceptors (Lipinski definition) is 4. The number of amides is 2. The Morgan fingerprint density at radius 2 is 1.62 bits per heavy atom. The predicted molar refractivity (Wildman–Crippen MR) is 122 cm³/mol. The largest absolute Gasteiger partial charge is 0.477 e. The summed E-state index contributed by atoms with van der Waals surface area (Å²) < 4.78 is 32.2. The van der Waals surface area contributed by atoms with Gasteiger partial charge in [0.05, 0.1) is 6.54 Å². The van der Waals surface area contributed by atoms with E-state index in [0.717, 1.165) is 22.3 Å². The van der Waals surface area contributed by atoms with Gasteiger partial charge < -0.3 is 20.5 Å². The summed E-state index contributed by atoms with van der Waals surface area (Å²) in [5, 5.41) is 12.9. The quantitative estimate of drug-likeness (QED) is 0.480. The Morgan fingerprint density at radius 1 is 1.06 bits per heavy atom. The minimum atomic E-state index is -4.11. The molecule has 9 heteroatoms. The molecule has 0 saturated carbocycles. The summed E-state index contributed by atoms with van der Waals surface area (Å²) in [5.41, 5.74) is 4.20. The number of carboxylic acids is 1. The fourth-order valence-electron chi connectivity index (χ4n) is 3.98. The zero-order valence-electron chi connectivity index (χ0n) is 19.0. The fraction of sp³-hybridized carbons (Fsp3) is 0.400. The summed E-state index contributed by atoms with van der Waals surface area (Å²) >= 11 is 0. The molecule has 2 aromatic carbocycles. The van der Waals surface area contributed by atoms with Gasteiger partial charge in [0, 0.05) is 5.92 Å². The Kier molecular flexibility index (Phi) is 7.86. The summed E-state index contributed by atoms with van der Waals surface area (Å²) in [6.45, 7) is 2.41. The monoisotopic (exact) mass is 474 g/mol. The molecule has 0 radical (unpaired) electrons. The molecule has 1 aliphatic rings. The maximum Gasteiger partial charge on any atom is 0.407 e. The van der Waals surface area contributed by atoms with Crippen LogP contribution in [0, 0.1) is 5.92 Å². The molecule has 2 unspecified atom stereocenters. The molecule has 182 valence electrons. The van der Waals surface area contributed by atoms with Gasteiger partial charge in [0.1, 0.15) is 12.6 Å². The van der Waals surface area contributed by atoms with Crippen LogP contribution < -0.4 is 10.6 Å². The highest BCUT2D eigenvalue weighted by molar-refractivity contribution is 5.86. The smallest absolute Gasteiger partial charge is 0.407 e. The van der Waals surface area contributed by atoms with E-state index in [1.54, 1.807) is 0 Å². The average Bonchev–Trinajstić information content (AvgIpc) is 3.14. The molecule has 3 rings (SSSR count). The number of nitrogens with one attached hydrogen (secondary N) is 2. The molecular formula is C25H28F2N2O5. The van der Waals surface area contributed by atoms with E-state index in [9.17, 15) is 23.2 Å². The number of ether oxygens (including phenoxy) is 1. The van der Waals surface area contributed by atoms with E-state index in [2.05, 4.69) is 5.32 Å². The number of fused-ring (bicyclic) bond motifs is 3. The second kappa shape index (κ2) is 10.6. The van der Waals surface area contributed by atoms with Crippen LogP contribution in [0.2, 0.25) is 0 Å². The molecule has 1 aliphatic carbocycles. The molecule has 0 fully saturated rings. The Hall–Kier alpha value is -3.49. The summed E-state index contributed by atoms with van der Waals surface area (Å²) in [4.78, 5) is 35.6. The number of benzene rings is 2. The van der Waals surface area contributed by atoms with Crippen LogP contribution in [-0.2, 0) is 14.3 Å². The molecule has 3 N–H and O–H groups in total. The minimum absolute atomic E-state index is 0.00428. The van der Waals surface area contributed by atoms with Crippen molar-refractivity contribution in [2.45, 2.75) is 44.6 Å². The summed E-state index contributed by atoms with van der Waals surface area (Å²) in [6.07, 6.45) is 0.0300. The molecule has 0 heterocycles. The number of rotatable bonds is 10. The second-order valence-electron chi connectivity index (χ2n) is 8.50. The van der Waals surface area contributed by atoms with Crippen LogP contribution in [0.1, 0.15) is 43.7 Å². The number of aliphatic carboxylic acids is 1. The number of alkyl halides is 2. The number of alkyl carbamates (subject to hydrolysis) is 1. The van der Waals surface area contributed by atoms with Crippen molar-refractivity contribution < 1.29 is 33.0 Å². The molecular weight excluding hydrogens is 446 g/mol. The molecule has 2 aromatic rings. The third-order valence-corrected chi connectivity index (χ3v) is 6.08. The van der Waals surface area contributed by atoms with Crippen LogP contribution >= 0.6 is 0 Å². The van der Waals surface area contributed by atoms with Crippen LogP contribution in [0.15, 0.2) is 48.5 Å². The molecule has 0 aliphatic heterocycles. The van der Waals surface area contributed by atoms with Crippen molar-refractivity contribution >= 4 is 18.0 Å². The third kappa shape index (κ3) is 5.70. The zero-order valence-corrected chi connectivity index (χ0v) is 19.0. The van der Waals surface area contributed by atoms with E-state index in [-0.39, 0.29) is 24.9 Å². The number of hydrogen-bond donors (Lipinski definition) is 3. The summed E-state index contributed by atoms with van der Waals surface area (Å²) in [6, 6.07) is 14.5. The van der Waals surface area contributed by atoms with Crippen molar-refractivity contribution in [3.05, 3.63) is 59.7 Å². The van der Waals surface area contributed by atoms with Gasteiger partial charge in [0.25, 0.3) is 0 Å². The normalized spacial score (nSPS) is 14.5. The maximum atomic E-state index is 13.4. The summed E-state index contributed by atoms with van der Waals surface area (Å²) in [7, 11) is 0. The zero-order chi connectivity index (χ0) is 24.9. The van der Waals surface area contributed by atoms with Crippen LogP contribution in [0.3, 0.4) is 0 Å². The van der Waals surface area contributed by atoms with Crippen molar-refractivity contribution in [2.24, 2.45) is 5.92 Å². The molecule has 7 nitrogen and oxygen atoms in total. The molecule has 0 saturated heterocycles. The Morgan fingerprint density at radius 3 is 2.15 bits per heavy atom. The lowest BCUT2D eigenvalue weighted by Gasteiger charge is -2.22. The standard InChI is InChI=1S/C25H28F2N2O5/c1-3-15(2)12-21(22(30)28-14-25(26,27)23(31)32)29-24(33)34-13-20-18-10-6-4-8-16(18)17-9-5-7-11-19(17)20/h4-11,15,20-21H,3,12-14H2,1-2H3,(H,28,30)(H,29,33)(H,31,32). The first kappa shape index (κ1) is 25.1. The lowest BCUT2D eigenvalue weighted by atomic mass is 9.98. The van der Waals surface area contributed by atoms with E-state index in [0.29, 0.717) is 6.42 Å². The Labute approximate surface area is 196 Å². The molecule has 0 bridgehead atoms. The highest BCUT2D eigenvalue weighted by atomic mass is 19.3. The highest BCUT2D eigenvalue weighted by Crippen LogP contribution is 2.44. The van der Waals surface area contributed by atoms with Crippen molar-refractivity contribution in [3.8, 4) is 11.1 Å². The average molecular weight is 475 g/mol. The number of halogens is 2. The van der Waals surface area contributed by atoms with E-state index in [4.69, 9.17) is 9.84 Å². The molecule has 0 aromatic heterocycles. The van der Waals surface area contributed by atoms with Gasteiger partial charge in [0.2, 0.25) is 5.91 Å². The van der Waals surface area contributed by atoms with Crippen LogP contribution in [-0.4, -0.2) is 48.2 Å². The summed E-state index contributed by atoms with van der Waals surface area (Å²) in [5.74, 6) is -7.51. The van der Waals surface area contributed by atoms with E-state index in [1.807, 2.05) is 67.7 Å². The van der Waals surface area contributed by atoms with Gasteiger partial charge >= 0.3 is 18.0 Å². The van der Waals surface area contributed by atoms with Crippen LogP contribution in [0.25, 0.3) is 11.1 Å². The minimum Gasteiger partial charge on any atom is -0.477 e.